The van der Waals surface area contributed by atoms with Crippen molar-refractivity contribution in [3.05, 3.63) is 21.9 Å². The van der Waals surface area contributed by atoms with Crippen LogP contribution in [0.2, 0.25) is 0 Å². The minimum Gasteiger partial charge on any atom is -0.384 e. The predicted molar refractivity (Wildman–Crippen MR) is 79.3 cm³/mol. The van der Waals surface area contributed by atoms with Crippen molar-refractivity contribution in [2.24, 2.45) is 5.41 Å². The summed E-state index contributed by atoms with van der Waals surface area (Å²) in [6.45, 7) is 8.19. The summed E-state index contributed by atoms with van der Waals surface area (Å²) in [7, 11) is 1.82. The van der Waals surface area contributed by atoms with Crippen molar-refractivity contribution in [1.29, 1.82) is 0 Å². The number of aliphatic hydroxyl groups excluding tert-OH is 1. The van der Waals surface area contributed by atoms with E-state index in [1.54, 1.807) is 4.90 Å². The molecule has 1 aromatic rings. The number of thiophene rings is 1. The van der Waals surface area contributed by atoms with Gasteiger partial charge in [-0.2, -0.15) is 0 Å². The molecule has 1 heterocycles. The number of amides is 1. The Bertz CT molecular complexity index is 502. The first-order chi connectivity index (χ1) is 8.79. The summed E-state index contributed by atoms with van der Waals surface area (Å²) in [5.74, 6) is 5.39. The van der Waals surface area contributed by atoms with Crippen molar-refractivity contribution in [3.63, 3.8) is 0 Å². The van der Waals surface area contributed by atoms with Crippen molar-refractivity contribution >= 4 is 17.2 Å². The second kappa shape index (κ2) is 6.23. The lowest BCUT2D eigenvalue weighted by atomic mass is 9.87. The van der Waals surface area contributed by atoms with E-state index in [1.165, 1.54) is 11.3 Å². The molecule has 1 rings (SSSR count). The third-order valence-corrected chi connectivity index (χ3v) is 4.22. The molecule has 0 bridgehead atoms. The Hall–Kier alpha value is -1.31. The van der Waals surface area contributed by atoms with Gasteiger partial charge in [-0.15, -0.1) is 11.3 Å². The Labute approximate surface area is 119 Å². The van der Waals surface area contributed by atoms with E-state index >= 15 is 0 Å². The molecular formula is C15H21NO2S. The number of hydrogen-bond donors (Lipinski definition) is 1. The van der Waals surface area contributed by atoms with Gasteiger partial charge in [0, 0.05) is 18.7 Å². The summed E-state index contributed by atoms with van der Waals surface area (Å²) >= 11 is 1.39. The van der Waals surface area contributed by atoms with Crippen LogP contribution < -0.4 is 0 Å². The van der Waals surface area contributed by atoms with Crippen LogP contribution in [0.3, 0.4) is 0 Å². The fourth-order valence-electron chi connectivity index (χ4n) is 1.63. The Morgan fingerprint density at radius 2 is 2.16 bits per heavy atom. The molecule has 0 aliphatic heterocycles. The molecule has 19 heavy (non-hydrogen) atoms. The molecule has 3 nitrogen and oxygen atoms in total. The topological polar surface area (TPSA) is 40.5 Å². The molecule has 0 saturated carbocycles. The summed E-state index contributed by atoms with van der Waals surface area (Å²) in [6, 6.07) is 1.94. The highest BCUT2D eigenvalue weighted by atomic mass is 32.1. The van der Waals surface area contributed by atoms with Crippen LogP contribution in [-0.2, 0) is 0 Å². The van der Waals surface area contributed by atoms with Gasteiger partial charge >= 0.3 is 0 Å². The lowest BCUT2D eigenvalue weighted by Gasteiger charge is -2.35. The van der Waals surface area contributed by atoms with Gasteiger partial charge in [0.2, 0.25) is 0 Å². The van der Waals surface area contributed by atoms with E-state index in [-0.39, 0.29) is 24.0 Å². The number of hydrogen-bond acceptors (Lipinski definition) is 3. The van der Waals surface area contributed by atoms with Crippen molar-refractivity contribution < 1.29 is 9.90 Å². The molecular weight excluding hydrogens is 258 g/mol. The lowest BCUT2D eigenvalue weighted by molar-refractivity contribution is 0.0634. The van der Waals surface area contributed by atoms with E-state index < -0.39 is 0 Å². The summed E-state index contributed by atoms with van der Waals surface area (Å²) in [6.07, 6.45) is 0. The van der Waals surface area contributed by atoms with Gasteiger partial charge in [0.15, 0.2) is 0 Å². The third-order valence-electron chi connectivity index (χ3n) is 3.32. The molecule has 1 aromatic heterocycles. The number of nitrogens with zero attached hydrogens (tertiary/aromatic N) is 1. The molecule has 0 spiro atoms. The molecule has 1 N–H and O–H groups in total. The average Bonchev–Trinajstić information content (AvgIpc) is 2.80. The number of carbonyl (C=O) groups is 1. The molecule has 1 amide bonds. The van der Waals surface area contributed by atoms with Crippen molar-refractivity contribution in [2.75, 3.05) is 13.7 Å². The molecule has 104 valence electrons. The van der Waals surface area contributed by atoms with Gasteiger partial charge in [0.25, 0.3) is 5.91 Å². The quantitative estimate of drug-likeness (QED) is 0.845. The van der Waals surface area contributed by atoms with Crippen LogP contribution in [0, 0.1) is 17.3 Å². The molecule has 0 saturated heterocycles. The van der Waals surface area contributed by atoms with Crippen LogP contribution in [-0.4, -0.2) is 35.6 Å². The standard InChI is InChI=1S/C15H21NO2S/c1-11(15(2,3)4)16(5)14(18)13-12(7-6-9-17)8-10-19-13/h8,10-11,17H,9H2,1-5H3. The molecule has 0 aliphatic rings. The fourth-order valence-corrected chi connectivity index (χ4v) is 2.46. The maximum Gasteiger partial charge on any atom is 0.265 e. The molecule has 0 fully saturated rings. The van der Waals surface area contributed by atoms with E-state index in [4.69, 9.17) is 5.11 Å². The van der Waals surface area contributed by atoms with Gasteiger partial charge in [-0.1, -0.05) is 32.6 Å². The van der Waals surface area contributed by atoms with Crippen LogP contribution in [0.5, 0.6) is 0 Å². The number of carbonyl (C=O) groups excluding carboxylic acids is 1. The maximum atomic E-state index is 12.5. The second-order valence-corrected chi connectivity index (χ2v) is 6.50. The Balaban J connectivity index is 2.98. The van der Waals surface area contributed by atoms with Crippen LogP contribution in [0.15, 0.2) is 11.4 Å². The lowest BCUT2D eigenvalue weighted by Crippen LogP contribution is -2.42. The Kier molecular flexibility index (Phi) is 5.16. The van der Waals surface area contributed by atoms with E-state index in [0.717, 1.165) is 0 Å². The van der Waals surface area contributed by atoms with Gasteiger partial charge in [-0.25, -0.2) is 0 Å². The molecule has 4 heteroatoms. The normalized spacial score (nSPS) is 12.5. The highest BCUT2D eigenvalue weighted by Gasteiger charge is 2.28. The van der Waals surface area contributed by atoms with Crippen molar-refractivity contribution in [2.45, 2.75) is 33.7 Å². The first-order valence-corrected chi connectivity index (χ1v) is 7.11. The highest BCUT2D eigenvalue weighted by molar-refractivity contribution is 7.12. The van der Waals surface area contributed by atoms with Gasteiger partial charge in [0.05, 0.1) is 0 Å². The molecule has 0 aromatic carbocycles. The largest absolute Gasteiger partial charge is 0.384 e. The van der Waals surface area contributed by atoms with Crippen LogP contribution in [0.25, 0.3) is 0 Å². The van der Waals surface area contributed by atoms with Crippen molar-refractivity contribution in [3.8, 4) is 11.8 Å². The Morgan fingerprint density at radius 3 is 2.68 bits per heavy atom. The minimum absolute atomic E-state index is 0.0142. The maximum absolute atomic E-state index is 12.5. The fraction of sp³-hybridized carbons (Fsp3) is 0.533. The van der Waals surface area contributed by atoms with E-state index in [0.29, 0.717) is 10.4 Å². The molecule has 1 atom stereocenters. The smallest absolute Gasteiger partial charge is 0.265 e. The molecule has 0 radical (unpaired) electrons. The third kappa shape index (κ3) is 3.82. The second-order valence-electron chi connectivity index (χ2n) is 5.58. The summed E-state index contributed by atoms with van der Waals surface area (Å²) in [4.78, 5) is 14.9. The number of aliphatic hydroxyl groups is 1. The zero-order chi connectivity index (χ0) is 14.6. The predicted octanol–water partition coefficient (Wildman–Crippen LogP) is 2.60. The molecule has 1 unspecified atom stereocenters. The van der Waals surface area contributed by atoms with Gasteiger partial charge < -0.3 is 10.0 Å². The van der Waals surface area contributed by atoms with Crippen LogP contribution in [0.1, 0.15) is 42.9 Å². The minimum atomic E-state index is -0.197. The van der Waals surface area contributed by atoms with Crippen LogP contribution in [0.4, 0.5) is 0 Å². The zero-order valence-corrected chi connectivity index (χ0v) is 13.0. The van der Waals surface area contributed by atoms with Gasteiger partial charge in [-0.3, -0.25) is 4.79 Å². The Morgan fingerprint density at radius 1 is 1.53 bits per heavy atom. The van der Waals surface area contributed by atoms with E-state index in [1.807, 2.05) is 25.4 Å². The zero-order valence-electron chi connectivity index (χ0n) is 12.2. The van der Waals surface area contributed by atoms with E-state index in [9.17, 15) is 4.79 Å². The van der Waals surface area contributed by atoms with Crippen molar-refractivity contribution in [1.82, 2.24) is 4.90 Å². The van der Waals surface area contributed by atoms with Gasteiger partial charge in [-0.05, 0) is 23.8 Å². The summed E-state index contributed by atoms with van der Waals surface area (Å²) in [5.41, 5.74) is 0.718. The monoisotopic (exact) mass is 279 g/mol. The summed E-state index contributed by atoms with van der Waals surface area (Å²) in [5, 5.41) is 10.6. The van der Waals surface area contributed by atoms with Crippen LogP contribution >= 0.6 is 11.3 Å². The van der Waals surface area contributed by atoms with Gasteiger partial charge in [0.1, 0.15) is 11.5 Å². The van der Waals surface area contributed by atoms with E-state index in [2.05, 4.69) is 32.6 Å². The highest BCUT2D eigenvalue weighted by Crippen LogP contribution is 2.26. The first-order valence-electron chi connectivity index (χ1n) is 6.23. The average molecular weight is 279 g/mol. The number of rotatable bonds is 2. The first kappa shape index (κ1) is 15.7. The molecule has 0 aliphatic carbocycles. The SMILES string of the molecule is CC(N(C)C(=O)c1sccc1C#CCO)C(C)(C)C. The summed E-state index contributed by atoms with van der Waals surface area (Å²) < 4.78 is 0.